The Morgan fingerprint density at radius 2 is 1.78 bits per heavy atom. The lowest BCUT2D eigenvalue weighted by Crippen LogP contribution is -2.21. The van der Waals surface area contributed by atoms with Gasteiger partial charge in [0.05, 0.1) is 0 Å². The van der Waals surface area contributed by atoms with Crippen molar-refractivity contribution in [2.75, 3.05) is 7.05 Å². The zero-order valence-electron chi connectivity index (χ0n) is 19.4. The highest BCUT2D eigenvalue weighted by atomic mass is 16.5. The van der Waals surface area contributed by atoms with Crippen molar-refractivity contribution >= 4 is 18.4 Å². The van der Waals surface area contributed by atoms with Gasteiger partial charge in [0.15, 0.2) is 5.78 Å². The van der Waals surface area contributed by atoms with Gasteiger partial charge in [0, 0.05) is 30.4 Å². The normalized spacial score (nSPS) is 12.0. The first-order valence-corrected chi connectivity index (χ1v) is 10.8. The molecular formula is C29H31NO2. The van der Waals surface area contributed by atoms with E-state index in [-0.39, 0.29) is 5.78 Å². The molecular weight excluding hydrogens is 394 g/mol. The summed E-state index contributed by atoms with van der Waals surface area (Å²) in [6, 6.07) is 22.1. The van der Waals surface area contributed by atoms with Crippen LogP contribution in [0.2, 0.25) is 0 Å². The first-order valence-electron chi connectivity index (χ1n) is 10.8. The number of carbonyl (C=O) groups is 1. The molecule has 0 aromatic heterocycles. The van der Waals surface area contributed by atoms with E-state index in [1.54, 1.807) is 6.92 Å². The van der Waals surface area contributed by atoms with Crippen molar-refractivity contribution in [2.24, 2.45) is 0 Å². The van der Waals surface area contributed by atoms with Crippen molar-refractivity contribution in [2.45, 2.75) is 33.9 Å². The number of ketones is 1. The molecule has 0 fully saturated rings. The highest BCUT2D eigenvalue weighted by Gasteiger charge is 2.11. The summed E-state index contributed by atoms with van der Waals surface area (Å²) in [5.41, 5.74) is 4.97. The average Bonchev–Trinajstić information content (AvgIpc) is 2.77. The van der Waals surface area contributed by atoms with Crippen LogP contribution in [0, 0.1) is 6.92 Å². The number of aryl methyl sites for hydroxylation is 1. The van der Waals surface area contributed by atoms with Gasteiger partial charge in [0.25, 0.3) is 0 Å². The highest BCUT2D eigenvalue weighted by molar-refractivity contribution is 5.96. The van der Waals surface area contributed by atoms with Crippen molar-refractivity contribution in [1.29, 1.82) is 0 Å². The number of carbonyl (C=O) groups excluding carboxylic acids is 1. The van der Waals surface area contributed by atoms with E-state index in [9.17, 15) is 4.79 Å². The summed E-state index contributed by atoms with van der Waals surface area (Å²) >= 11 is 0. The molecule has 0 bridgehead atoms. The second kappa shape index (κ2) is 10.6. The third kappa shape index (κ3) is 5.98. The van der Waals surface area contributed by atoms with Gasteiger partial charge >= 0.3 is 0 Å². The molecule has 32 heavy (non-hydrogen) atoms. The van der Waals surface area contributed by atoms with E-state index in [1.807, 2.05) is 55.5 Å². The molecule has 0 heterocycles. The molecule has 3 rings (SSSR count). The summed E-state index contributed by atoms with van der Waals surface area (Å²) in [5.74, 6) is 0.865. The molecule has 0 unspecified atom stereocenters. The van der Waals surface area contributed by atoms with Crippen LogP contribution in [0.1, 0.15) is 40.9 Å². The average molecular weight is 426 g/mol. The van der Waals surface area contributed by atoms with E-state index in [2.05, 4.69) is 55.8 Å². The molecule has 0 radical (unpaired) electrons. The van der Waals surface area contributed by atoms with E-state index in [1.165, 1.54) is 0 Å². The Balaban J connectivity index is 1.69. The summed E-state index contributed by atoms with van der Waals surface area (Å²) in [5, 5.41) is 2.14. The lowest BCUT2D eigenvalue weighted by atomic mass is 9.99. The fraction of sp³-hybridized carbons (Fsp3) is 0.207. The quantitative estimate of drug-likeness (QED) is 0.476. The Bertz CT molecular complexity index is 1240. The lowest BCUT2D eigenvalue weighted by Gasteiger charge is -2.20. The Morgan fingerprint density at radius 1 is 1.03 bits per heavy atom. The Labute approximate surface area is 191 Å². The monoisotopic (exact) mass is 425 g/mol. The van der Waals surface area contributed by atoms with Crippen molar-refractivity contribution < 1.29 is 9.53 Å². The number of rotatable bonds is 8. The number of allylic oxidation sites excluding steroid dienone is 2. The van der Waals surface area contributed by atoms with Crippen LogP contribution in [-0.4, -0.2) is 17.7 Å². The number of nitrogens with zero attached hydrogens (tertiary/aromatic N) is 1. The fourth-order valence-corrected chi connectivity index (χ4v) is 3.68. The second-order valence-electron chi connectivity index (χ2n) is 8.13. The van der Waals surface area contributed by atoms with Crippen LogP contribution in [0.25, 0.3) is 12.7 Å². The van der Waals surface area contributed by atoms with Crippen molar-refractivity contribution in [1.82, 2.24) is 4.90 Å². The van der Waals surface area contributed by atoms with E-state index in [0.29, 0.717) is 6.61 Å². The van der Waals surface area contributed by atoms with Crippen LogP contribution in [0.4, 0.5) is 0 Å². The summed E-state index contributed by atoms with van der Waals surface area (Å²) in [7, 11) is 2.08. The van der Waals surface area contributed by atoms with Gasteiger partial charge in [0.2, 0.25) is 0 Å². The predicted molar refractivity (Wildman–Crippen MR) is 133 cm³/mol. The summed E-state index contributed by atoms with van der Waals surface area (Å²) < 4.78 is 6.04. The predicted octanol–water partition coefficient (Wildman–Crippen LogP) is 5.00. The second-order valence-corrected chi connectivity index (χ2v) is 8.13. The maximum absolute atomic E-state index is 12.0. The molecule has 164 valence electrons. The van der Waals surface area contributed by atoms with Crippen LogP contribution < -0.4 is 15.2 Å². The number of hydrogen-bond acceptors (Lipinski definition) is 3. The molecule has 3 aromatic carbocycles. The molecule has 0 aliphatic carbocycles. The molecule has 0 N–H and O–H groups in total. The largest absolute Gasteiger partial charge is 0.489 e. The van der Waals surface area contributed by atoms with Crippen LogP contribution >= 0.6 is 0 Å². The van der Waals surface area contributed by atoms with Gasteiger partial charge in [-0.1, -0.05) is 67.3 Å². The molecule has 0 amide bonds. The zero-order chi connectivity index (χ0) is 23.1. The highest BCUT2D eigenvalue weighted by Crippen LogP contribution is 2.20. The van der Waals surface area contributed by atoms with E-state index in [4.69, 9.17) is 4.74 Å². The van der Waals surface area contributed by atoms with Gasteiger partial charge in [-0.15, -0.1) is 0 Å². The molecule has 0 saturated carbocycles. The standard InChI is InChI=1S/C29H31NO2/c1-21-10-6-7-13-26(21)17-16-23(3)30(5)19-25-12-9-15-28(18-25)32-20-27-14-8-11-22(2)29(27)24(4)31/h6-18H,1,19-20H2,2-5H3/b23-16+,26-17-. The van der Waals surface area contributed by atoms with Crippen LogP contribution in [0.3, 0.4) is 0 Å². The molecule has 0 aliphatic rings. The molecule has 3 nitrogen and oxygen atoms in total. The Hall–Kier alpha value is -3.59. The van der Waals surface area contributed by atoms with Crippen molar-refractivity contribution in [3.8, 4) is 5.75 Å². The summed E-state index contributed by atoms with van der Waals surface area (Å²) in [6.07, 6.45) is 4.22. The van der Waals surface area contributed by atoms with Gasteiger partial charge < -0.3 is 9.64 Å². The first-order chi connectivity index (χ1) is 15.3. The smallest absolute Gasteiger partial charge is 0.160 e. The maximum atomic E-state index is 12.0. The zero-order valence-corrected chi connectivity index (χ0v) is 19.4. The molecule has 3 aromatic rings. The topological polar surface area (TPSA) is 29.5 Å². The SMILES string of the molecule is C=c1cccc/c1=C/C=C(\C)N(C)Cc1cccc(OCc2cccc(C)c2C(C)=O)c1. The first kappa shape index (κ1) is 23.1. The van der Waals surface area contributed by atoms with Crippen molar-refractivity contribution in [3.05, 3.63) is 111 Å². The third-order valence-corrected chi connectivity index (χ3v) is 5.58. The molecule has 3 heteroatoms. The van der Waals surface area contributed by atoms with Gasteiger partial charge in [-0.3, -0.25) is 4.79 Å². The number of hydrogen-bond donors (Lipinski definition) is 0. The van der Waals surface area contributed by atoms with Crippen LogP contribution in [-0.2, 0) is 13.2 Å². The van der Waals surface area contributed by atoms with Crippen molar-refractivity contribution in [3.63, 3.8) is 0 Å². The third-order valence-electron chi connectivity index (χ3n) is 5.58. The van der Waals surface area contributed by atoms with E-state index < -0.39 is 0 Å². The van der Waals surface area contributed by atoms with Gasteiger partial charge in [-0.2, -0.15) is 0 Å². The maximum Gasteiger partial charge on any atom is 0.160 e. The number of Topliss-reactive ketones (excluding diaryl/α,β-unsaturated/α-hetero) is 1. The van der Waals surface area contributed by atoms with Crippen LogP contribution in [0.5, 0.6) is 5.75 Å². The Kier molecular flexibility index (Phi) is 7.67. The lowest BCUT2D eigenvalue weighted by molar-refractivity contribution is 0.101. The van der Waals surface area contributed by atoms with Crippen LogP contribution in [0.15, 0.2) is 78.5 Å². The molecule has 0 aliphatic heterocycles. The van der Waals surface area contributed by atoms with Gasteiger partial charge in [-0.05, 0) is 60.5 Å². The fourth-order valence-electron chi connectivity index (χ4n) is 3.68. The number of benzene rings is 3. The minimum Gasteiger partial charge on any atom is -0.489 e. The Morgan fingerprint density at radius 3 is 2.53 bits per heavy atom. The van der Waals surface area contributed by atoms with E-state index in [0.717, 1.165) is 50.7 Å². The molecule has 0 atom stereocenters. The number of ether oxygens (including phenoxy) is 1. The molecule has 0 spiro atoms. The molecule has 0 saturated heterocycles. The van der Waals surface area contributed by atoms with Gasteiger partial charge in [-0.25, -0.2) is 0 Å². The van der Waals surface area contributed by atoms with Gasteiger partial charge in [0.1, 0.15) is 12.4 Å². The summed E-state index contributed by atoms with van der Waals surface area (Å²) in [6.45, 7) is 10.9. The van der Waals surface area contributed by atoms with E-state index >= 15 is 0 Å². The minimum absolute atomic E-state index is 0.0672. The minimum atomic E-state index is 0.0672. The summed E-state index contributed by atoms with van der Waals surface area (Å²) in [4.78, 5) is 14.2.